The minimum absolute atomic E-state index is 0.00255. The van der Waals surface area contributed by atoms with Crippen molar-refractivity contribution >= 4 is 17.3 Å². The lowest BCUT2D eigenvalue weighted by molar-refractivity contribution is 0.309. The van der Waals surface area contributed by atoms with Gasteiger partial charge in [-0.25, -0.2) is 0 Å². The van der Waals surface area contributed by atoms with Crippen molar-refractivity contribution in [3.8, 4) is 5.75 Å². The molecule has 0 bridgehead atoms. The number of rotatable bonds is 6. The lowest BCUT2D eigenvalue weighted by Crippen LogP contribution is -2.29. The molecule has 1 fully saturated rings. The molecular formula is C24H28N4OS. The molecule has 3 heterocycles. The Labute approximate surface area is 183 Å². The average molecular weight is 421 g/mol. The van der Waals surface area contributed by atoms with Crippen molar-refractivity contribution in [2.24, 2.45) is 0 Å². The van der Waals surface area contributed by atoms with Gasteiger partial charge in [-0.05, 0) is 74.4 Å². The highest BCUT2D eigenvalue weighted by Crippen LogP contribution is 2.41. The summed E-state index contributed by atoms with van der Waals surface area (Å²) < 4.78 is 7.67. The Hall–Kier alpha value is -2.86. The zero-order chi connectivity index (χ0) is 21.3. The van der Waals surface area contributed by atoms with E-state index in [-0.39, 0.29) is 12.1 Å². The fraction of sp³-hybridized carbons (Fsp3) is 0.333. The predicted molar refractivity (Wildman–Crippen MR) is 124 cm³/mol. The van der Waals surface area contributed by atoms with Crippen LogP contribution >= 0.6 is 12.2 Å². The van der Waals surface area contributed by atoms with Gasteiger partial charge < -0.3 is 19.5 Å². The molecule has 0 amide bonds. The van der Waals surface area contributed by atoms with Crippen molar-refractivity contribution in [2.45, 2.75) is 45.9 Å². The van der Waals surface area contributed by atoms with Crippen molar-refractivity contribution in [1.82, 2.24) is 19.8 Å². The Morgan fingerprint density at radius 2 is 1.90 bits per heavy atom. The Kier molecular flexibility index (Phi) is 5.77. The van der Waals surface area contributed by atoms with Crippen molar-refractivity contribution in [3.63, 3.8) is 0 Å². The average Bonchev–Trinajstić information content (AvgIpc) is 3.24. The van der Waals surface area contributed by atoms with Crippen LogP contribution in [0.5, 0.6) is 5.75 Å². The second kappa shape index (κ2) is 8.48. The second-order valence-corrected chi connectivity index (χ2v) is 8.06. The molecule has 1 aliphatic heterocycles. The SMILES string of the molecule is CCn1c(C)cc([C@H]2[C@@H](c3ccccn3)NC(=S)N2Cc2ccc(OC)cc2)c1C. The molecule has 156 valence electrons. The maximum absolute atomic E-state index is 5.81. The van der Waals surface area contributed by atoms with Gasteiger partial charge in [-0.2, -0.15) is 0 Å². The first kappa shape index (κ1) is 20.4. The maximum Gasteiger partial charge on any atom is 0.170 e. The smallest absolute Gasteiger partial charge is 0.170 e. The number of hydrogen-bond acceptors (Lipinski definition) is 3. The zero-order valence-corrected chi connectivity index (χ0v) is 18.7. The van der Waals surface area contributed by atoms with Crippen LogP contribution in [0.15, 0.2) is 54.7 Å². The van der Waals surface area contributed by atoms with Crippen molar-refractivity contribution < 1.29 is 4.74 Å². The molecule has 1 N–H and O–H groups in total. The van der Waals surface area contributed by atoms with Crippen molar-refractivity contribution in [2.75, 3.05) is 7.11 Å². The molecule has 2 atom stereocenters. The van der Waals surface area contributed by atoms with Crippen LogP contribution < -0.4 is 10.1 Å². The van der Waals surface area contributed by atoms with Gasteiger partial charge in [-0.1, -0.05) is 18.2 Å². The van der Waals surface area contributed by atoms with Crippen LogP contribution in [0.2, 0.25) is 0 Å². The van der Waals surface area contributed by atoms with E-state index in [2.05, 4.69) is 64.8 Å². The Bertz CT molecular complexity index is 1030. The molecule has 0 aliphatic carbocycles. The highest BCUT2D eigenvalue weighted by molar-refractivity contribution is 7.80. The molecule has 1 aromatic carbocycles. The zero-order valence-electron chi connectivity index (χ0n) is 17.9. The van der Waals surface area contributed by atoms with Crippen LogP contribution in [0.4, 0.5) is 0 Å². The first-order chi connectivity index (χ1) is 14.5. The third kappa shape index (κ3) is 3.67. The summed E-state index contributed by atoms with van der Waals surface area (Å²) in [4.78, 5) is 6.93. The topological polar surface area (TPSA) is 42.3 Å². The van der Waals surface area contributed by atoms with Crippen molar-refractivity contribution in [1.29, 1.82) is 0 Å². The van der Waals surface area contributed by atoms with E-state index in [1.165, 1.54) is 22.5 Å². The van der Waals surface area contributed by atoms with Gasteiger partial charge in [-0.15, -0.1) is 0 Å². The van der Waals surface area contributed by atoms with E-state index >= 15 is 0 Å². The lowest BCUT2D eigenvalue weighted by atomic mass is 9.96. The Balaban J connectivity index is 1.76. The summed E-state index contributed by atoms with van der Waals surface area (Å²) in [7, 11) is 1.69. The van der Waals surface area contributed by atoms with Gasteiger partial charge >= 0.3 is 0 Å². The van der Waals surface area contributed by atoms with Crippen LogP contribution in [0.3, 0.4) is 0 Å². The second-order valence-electron chi connectivity index (χ2n) is 7.67. The summed E-state index contributed by atoms with van der Waals surface area (Å²) in [5, 5.41) is 4.30. The van der Waals surface area contributed by atoms with E-state index in [0.717, 1.165) is 29.6 Å². The minimum atomic E-state index is 0.00255. The number of aromatic nitrogens is 2. The number of ether oxygens (including phenoxy) is 1. The Morgan fingerprint density at radius 1 is 1.13 bits per heavy atom. The number of thiocarbonyl (C=S) groups is 1. The fourth-order valence-electron chi connectivity index (χ4n) is 4.46. The maximum atomic E-state index is 5.81. The van der Waals surface area contributed by atoms with Gasteiger partial charge in [0.25, 0.3) is 0 Å². The molecule has 1 aliphatic rings. The van der Waals surface area contributed by atoms with Crippen LogP contribution in [-0.2, 0) is 13.1 Å². The lowest BCUT2D eigenvalue weighted by Gasteiger charge is -2.28. The largest absolute Gasteiger partial charge is 0.497 e. The van der Waals surface area contributed by atoms with Crippen LogP contribution in [0, 0.1) is 13.8 Å². The molecule has 0 spiro atoms. The molecule has 1 saturated heterocycles. The first-order valence-electron chi connectivity index (χ1n) is 10.3. The van der Waals surface area contributed by atoms with E-state index < -0.39 is 0 Å². The highest BCUT2D eigenvalue weighted by atomic mass is 32.1. The molecular weight excluding hydrogens is 392 g/mol. The van der Waals surface area contributed by atoms with Crippen LogP contribution in [-0.4, -0.2) is 26.7 Å². The van der Waals surface area contributed by atoms with E-state index in [1.54, 1.807) is 7.11 Å². The monoisotopic (exact) mass is 420 g/mol. The van der Waals surface area contributed by atoms with Gasteiger partial charge in [0, 0.05) is 30.7 Å². The quantitative estimate of drug-likeness (QED) is 0.586. The fourth-order valence-corrected chi connectivity index (χ4v) is 4.76. The van der Waals surface area contributed by atoms with E-state index in [0.29, 0.717) is 0 Å². The molecule has 0 unspecified atom stereocenters. The predicted octanol–water partition coefficient (Wildman–Crippen LogP) is 4.70. The molecule has 3 aromatic rings. The number of pyridine rings is 1. The van der Waals surface area contributed by atoms with Crippen LogP contribution in [0.1, 0.15) is 47.2 Å². The number of hydrogen-bond donors (Lipinski definition) is 1. The van der Waals surface area contributed by atoms with Gasteiger partial charge in [0.15, 0.2) is 5.11 Å². The standard InChI is InChI=1S/C24H28N4OS/c1-5-27-16(2)14-20(17(27)3)23-22(21-8-6-7-13-25-21)26-24(30)28(23)15-18-9-11-19(29-4)12-10-18/h6-14,22-23H,5,15H2,1-4H3,(H,26,30)/t22-,23+/m1/s1. The molecule has 30 heavy (non-hydrogen) atoms. The van der Waals surface area contributed by atoms with Crippen molar-refractivity contribution in [3.05, 3.63) is 82.9 Å². The summed E-state index contributed by atoms with van der Waals surface area (Å²) in [6, 6.07) is 16.6. The van der Waals surface area contributed by atoms with Crippen LogP contribution in [0.25, 0.3) is 0 Å². The number of aryl methyl sites for hydroxylation is 1. The first-order valence-corrected chi connectivity index (χ1v) is 10.7. The number of nitrogens with zero attached hydrogens (tertiary/aromatic N) is 3. The highest BCUT2D eigenvalue weighted by Gasteiger charge is 2.41. The minimum Gasteiger partial charge on any atom is -0.497 e. The number of benzene rings is 1. The van der Waals surface area contributed by atoms with E-state index in [1.807, 2.05) is 30.5 Å². The molecule has 2 aromatic heterocycles. The summed E-state index contributed by atoms with van der Waals surface area (Å²) in [5.41, 5.74) is 6.05. The molecule has 5 nitrogen and oxygen atoms in total. The number of nitrogens with one attached hydrogen (secondary N) is 1. The summed E-state index contributed by atoms with van der Waals surface area (Å²) >= 11 is 5.81. The summed E-state index contributed by atoms with van der Waals surface area (Å²) in [6.45, 7) is 8.24. The van der Waals surface area contributed by atoms with Gasteiger partial charge in [-0.3, -0.25) is 4.98 Å². The van der Waals surface area contributed by atoms with E-state index in [4.69, 9.17) is 17.0 Å². The molecule has 6 heteroatoms. The molecule has 0 saturated carbocycles. The van der Waals surface area contributed by atoms with Gasteiger partial charge in [0.05, 0.1) is 24.9 Å². The van der Waals surface area contributed by atoms with E-state index in [9.17, 15) is 0 Å². The Morgan fingerprint density at radius 3 is 2.50 bits per heavy atom. The molecule has 0 radical (unpaired) electrons. The summed E-state index contributed by atoms with van der Waals surface area (Å²) in [6.07, 6.45) is 1.85. The molecule has 4 rings (SSSR count). The normalized spacial score (nSPS) is 18.5. The third-order valence-electron chi connectivity index (χ3n) is 5.96. The van der Waals surface area contributed by atoms with Gasteiger partial charge in [0.1, 0.15) is 5.75 Å². The van der Waals surface area contributed by atoms with Gasteiger partial charge in [0.2, 0.25) is 0 Å². The summed E-state index contributed by atoms with van der Waals surface area (Å²) in [5.74, 6) is 0.857. The number of methoxy groups -OCH3 is 1. The third-order valence-corrected chi connectivity index (χ3v) is 6.31.